The van der Waals surface area contributed by atoms with Gasteiger partial charge >= 0.3 is 11.8 Å². The van der Waals surface area contributed by atoms with Crippen LogP contribution in [0.5, 0.6) is 5.75 Å². The molecule has 1 aliphatic rings. The molecule has 0 unspecified atom stereocenters. The maximum atomic E-state index is 12.2. The van der Waals surface area contributed by atoms with E-state index >= 15 is 0 Å². The van der Waals surface area contributed by atoms with Gasteiger partial charge in [0.2, 0.25) is 0 Å². The van der Waals surface area contributed by atoms with Crippen LogP contribution in [-0.2, 0) is 4.74 Å². The van der Waals surface area contributed by atoms with Gasteiger partial charge in [-0.15, -0.1) is 0 Å². The summed E-state index contributed by atoms with van der Waals surface area (Å²) in [5.41, 5.74) is 1.15. The molecule has 25 heavy (non-hydrogen) atoms. The van der Waals surface area contributed by atoms with Crippen LogP contribution in [0.15, 0.2) is 23.8 Å². The van der Waals surface area contributed by atoms with Gasteiger partial charge in [-0.2, -0.15) is 0 Å². The number of nitro groups is 1. The number of rotatable bonds is 3. The molecule has 1 amide bonds. The van der Waals surface area contributed by atoms with Gasteiger partial charge in [0.05, 0.1) is 12.0 Å². The topological polar surface area (TPSA) is 81.9 Å². The summed E-state index contributed by atoms with van der Waals surface area (Å²) in [6, 6.07) is 4.84. The number of nitrogens with zero attached hydrogens (tertiary/aromatic N) is 2. The molecule has 1 aliphatic heterocycles. The van der Waals surface area contributed by atoms with Crippen molar-refractivity contribution in [2.45, 2.75) is 39.2 Å². The Labute approximate surface area is 147 Å². The minimum atomic E-state index is -0.533. The van der Waals surface area contributed by atoms with E-state index in [1.807, 2.05) is 26.8 Å². The number of amides is 1. The number of hydrogen-bond acceptors (Lipinski definition) is 5. The molecule has 0 N–H and O–H groups in total. The van der Waals surface area contributed by atoms with E-state index in [9.17, 15) is 14.9 Å². The highest BCUT2D eigenvalue weighted by Crippen LogP contribution is 2.29. The van der Waals surface area contributed by atoms with Gasteiger partial charge in [0.15, 0.2) is 5.75 Å². The lowest BCUT2D eigenvalue weighted by Gasteiger charge is -2.31. The summed E-state index contributed by atoms with van der Waals surface area (Å²) >= 11 is 0. The molecule has 0 aromatic heterocycles. The number of methoxy groups -OCH3 is 1. The monoisotopic (exact) mass is 348 g/mol. The Morgan fingerprint density at radius 1 is 1.36 bits per heavy atom. The summed E-state index contributed by atoms with van der Waals surface area (Å²) in [6.45, 7) is 6.62. The van der Waals surface area contributed by atoms with Gasteiger partial charge in [-0.3, -0.25) is 10.1 Å². The number of carbonyl (C=O) groups is 1. The van der Waals surface area contributed by atoms with E-state index in [2.05, 4.69) is 0 Å². The third-order valence-corrected chi connectivity index (χ3v) is 3.74. The van der Waals surface area contributed by atoms with Gasteiger partial charge in [0, 0.05) is 19.2 Å². The number of carbonyl (C=O) groups excluding carboxylic acids is 1. The van der Waals surface area contributed by atoms with Crippen LogP contribution in [0.2, 0.25) is 0 Å². The fourth-order valence-electron chi connectivity index (χ4n) is 2.68. The zero-order chi connectivity index (χ0) is 18.6. The molecule has 0 saturated carbocycles. The molecule has 0 bridgehead atoms. The van der Waals surface area contributed by atoms with Crippen LogP contribution in [0.4, 0.5) is 10.5 Å². The second-order valence-corrected chi connectivity index (χ2v) is 7.00. The van der Waals surface area contributed by atoms with Gasteiger partial charge in [0.25, 0.3) is 0 Å². The van der Waals surface area contributed by atoms with E-state index in [1.165, 1.54) is 13.2 Å². The molecular weight excluding hydrogens is 324 g/mol. The molecule has 0 aliphatic carbocycles. The SMILES string of the molecule is COc1ccc(C=C2CCCN(C(=O)OC(C)(C)C)C2)cc1[N+](=O)[O-]. The highest BCUT2D eigenvalue weighted by molar-refractivity contribution is 5.69. The van der Waals surface area contributed by atoms with Crippen LogP contribution in [0, 0.1) is 10.1 Å². The van der Waals surface area contributed by atoms with Crippen LogP contribution in [0.25, 0.3) is 6.08 Å². The molecule has 1 aromatic carbocycles. The van der Waals surface area contributed by atoms with Crippen LogP contribution in [0.3, 0.4) is 0 Å². The molecule has 7 nitrogen and oxygen atoms in total. The first-order chi connectivity index (χ1) is 11.7. The Morgan fingerprint density at radius 2 is 2.08 bits per heavy atom. The Hall–Kier alpha value is -2.57. The second-order valence-electron chi connectivity index (χ2n) is 7.00. The van der Waals surface area contributed by atoms with Crippen LogP contribution >= 0.6 is 0 Å². The van der Waals surface area contributed by atoms with Crippen molar-refractivity contribution in [3.8, 4) is 5.75 Å². The first-order valence-electron chi connectivity index (χ1n) is 8.19. The first kappa shape index (κ1) is 18.8. The molecular formula is C18H24N2O5. The van der Waals surface area contributed by atoms with Crippen LogP contribution in [0.1, 0.15) is 39.2 Å². The van der Waals surface area contributed by atoms with E-state index < -0.39 is 10.5 Å². The number of nitro benzene ring substituents is 1. The van der Waals surface area contributed by atoms with Crippen molar-refractivity contribution in [3.63, 3.8) is 0 Å². The van der Waals surface area contributed by atoms with Gasteiger partial charge in [-0.1, -0.05) is 17.7 Å². The Kier molecular flexibility index (Phi) is 5.66. The largest absolute Gasteiger partial charge is 0.490 e. The molecule has 0 atom stereocenters. The standard InChI is InChI=1S/C18H24N2O5/c1-18(2,3)25-17(21)19-9-5-6-14(12-19)10-13-7-8-16(24-4)15(11-13)20(22)23/h7-8,10-11H,5-6,9,12H2,1-4H3. The van der Waals surface area contributed by atoms with E-state index in [0.29, 0.717) is 18.7 Å². The number of hydrogen-bond donors (Lipinski definition) is 0. The first-order valence-corrected chi connectivity index (χ1v) is 8.19. The third kappa shape index (κ3) is 5.20. The van der Waals surface area contributed by atoms with Crippen molar-refractivity contribution in [1.29, 1.82) is 0 Å². The predicted molar refractivity (Wildman–Crippen MR) is 94.7 cm³/mol. The number of benzene rings is 1. The van der Waals surface area contributed by atoms with Crippen molar-refractivity contribution in [2.75, 3.05) is 20.2 Å². The normalized spacial score (nSPS) is 16.6. The predicted octanol–water partition coefficient (Wildman–Crippen LogP) is 4.02. The van der Waals surface area contributed by atoms with Gasteiger partial charge in [0.1, 0.15) is 5.60 Å². The average molecular weight is 348 g/mol. The molecule has 1 fully saturated rings. The lowest BCUT2D eigenvalue weighted by molar-refractivity contribution is -0.385. The van der Waals surface area contributed by atoms with Crippen molar-refractivity contribution >= 4 is 17.9 Å². The molecule has 136 valence electrons. The molecule has 1 aromatic rings. The van der Waals surface area contributed by atoms with E-state index in [1.54, 1.807) is 17.0 Å². The maximum Gasteiger partial charge on any atom is 0.410 e. The minimum absolute atomic E-state index is 0.0725. The summed E-state index contributed by atoms with van der Waals surface area (Å²) in [7, 11) is 1.40. The summed E-state index contributed by atoms with van der Waals surface area (Å²) in [6.07, 6.45) is 3.24. The van der Waals surface area contributed by atoms with Crippen LogP contribution < -0.4 is 4.74 Å². The van der Waals surface area contributed by atoms with E-state index in [0.717, 1.165) is 18.4 Å². The Bertz CT molecular complexity index is 691. The van der Waals surface area contributed by atoms with Crippen molar-refractivity contribution in [3.05, 3.63) is 39.4 Å². The lowest BCUT2D eigenvalue weighted by atomic mass is 10.0. The summed E-state index contributed by atoms with van der Waals surface area (Å²) in [4.78, 5) is 24.5. The van der Waals surface area contributed by atoms with Crippen molar-refractivity contribution in [1.82, 2.24) is 4.90 Å². The van der Waals surface area contributed by atoms with E-state index in [-0.39, 0.29) is 17.5 Å². The van der Waals surface area contributed by atoms with Crippen molar-refractivity contribution < 1.29 is 19.2 Å². The Morgan fingerprint density at radius 3 is 2.68 bits per heavy atom. The van der Waals surface area contributed by atoms with Gasteiger partial charge < -0.3 is 14.4 Å². The fourth-order valence-corrected chi connectivity index (χ4v) is 2.68. The van der Waals surface area contributed by atoms with Gasteiger partial charge in [-0.25, -0.2) is 4.79 Å². The molecule has 0 radical (unpaired) electrons. The lowest BCUT2D eigenvalue weighted by Crippen LogP contribution is -2.40. The number of likely N-dealkylation sites (tertiary alicyclic amines) is 1. The Balaban J connectivity index is 2.17. The third-order valence-electron chi connectivity index (χ3n) is 3.74. The summed E-state index contributed by atoms with van der Waals surface area (Å²) in [5, 5.41) is 11.1. The summed E-state index contributed by atoms with van der Waals surface area (Å²) in [5.74, 6) is 0.228. The van der Waals surface area contributed by atoms with Crippen LogP contribution in [-0.4, -0.2) is 41.7 Å². The van der Waals surface area contributed by atoms with Crippen molar-refractivity contribution in [2.24, 2.45) is 0 Å². The fraction of sp³-hybridized carbons (Fsp3) is 0.500. The number of piperidine rings is 1. The summed E-state index contributed by atoms with van der Waals surface area (Å²) < 4.78 is 10.4. The second kappa shape index (κ2) is 7.55. The van der Waals surface area contributed by atoms with Gasteiger partial charge in [-0.05, 0) is 45.2 Å². The minimum Gasteiger partial charge on any atom is -0.490 e. The zero-order valence-corrected chi connectivity index (χ0v) is 15.1. The smallest absolute Gasteiger partial charge is 0.410 e. The van der Waals surface area contributed by atoms with E-state index in [4.69, 9.17) is 9.47 Å². The quantitative estimate of drug-likeness (QED) is 0.609. The molecule has 2 rings (SSSR count). The highest BCUT2D eigenvalue weighted by atomic mass is 16.6. The zero-order valence-electron chi connectivity index (χ0n) is 15.1. The number of ether oxygens (including phenoxy) is 2. The maximum absolute atomic E-state index is 12.2. The highest BCUT2D eigenvalue weighted by Gasteiger charge is 2.25. The molecule has 0 spiro atoms. The molecule has 1 heterocycles. The molecule has 7 heteroatoms. The molecule has 1 saturated heterocycles. The average Bonchev–Trinajstić information content (AvgIpc) is 2.53.